The molecule has 0 amide bonds. The molecule has 0 fully saturated rings. The maximum absolute atomic E-state index is 6.37. The minimum atomic E-state index is 0.147. The van der Waals surface area contributed by atoms with Gasteiger partial charge in [0.25, 0.3) is 0 Å². The monoisotopic (exact) mass is 238 g/mol. The Morgan fingerprint density at radius 3 is 1.94 bits per heavy atom. The molecular weight excluding hydrogens is 216 g/mol. The average Bonchev–Trinajstić information content (AvgIpc) is 2.15. The van der Waals surface area contributed by atoms with Gasteiger partial charge in [-0.2, -0.15) is 0 Å². The van der Waals surface area contributed by atoms with Crippen LogP contribution in [0.15, 0.2) is 24.3 Å². The van der Waals surface area contributed by atoms with Crippen LogP contribution in [0.5, 0.6) is 0 Å². The average molecular weight is 239 g/mol. The van der Waals surface area contributed by atoms with E-state index in [0.29, 0.717) is 5.92 Å². The first-order valence-electron chi connectivity index (χ1n) is 6.05. The van der Waals surface area contributed by atoms with E-state index < -0.39 is 0 Å². The Kier molecular flexibility index (Phi) is 4.43. The zero-order valence-electron chi connectivity index (χ0n) is 11.0. The van der Waals surface area contributed by atoms with Gasteiger partial charge in [-0.15, -0.1) is 11.6 Å². The highest BCUT2D eigenvalue weighted by Gasteiger charge is 2.15. The van der Waals surface area contributed by atoms with Gasteiger partial charge in [0.1, 0.15) is 0 Å². The summed E-state index contributed by atoms with van der Waals surface area (Å²) in [6, 6.07) is 8.73. The number of alkyl halides is 1. The van der Waals surface area contributed by atoms with E-state index in [9.17, 15) is 0 Å². The third-order valence-corrected chi connectivity index (χ3v) is 3.25. The molecule has 0 nitrogen and oxygen atoms in total. The van der Waals surface area contributed by atoms with Crippen molar-refractivity contribution in [3.05, 3.63) is 35.4 Å². The lowest BCUT2D eigenvalue weighted by Crippen LogP contribution is -2.10. The van der Waals surface area contributed by atoms with Crippen molar-refractivity contribution < 1.29 is 0 Å². The van der Waals surface area contributed by atoms with Gasteiger partial charge in [0.05, 0.1) is 5.38 Å². The second kappa shape index (κ2) is 5.23. The molecule has 1 rings (SSSR count). The van der Waals surface area contributed by atoms with Gasteiger partial charge in [-0.25, -0.2) is 0 Å². The van der Waals surface area contributed by atoms with E-state index in [1.54, 1.807) is 0 Å². The maximum Gasteiger partial charge on any atom is 0.0587 e. The van der Waals surface area contributed by atoms with Crippen molar-refractivity contribution >= 4 is 11.6 Å². The highest BCUT2D eigenvalue weighted by atomic mass is 35.5. The van der Waals surface area contributed by atoms with Gasteiger partial charge in [-0.05, 0) is 28.9 Å². The van der Waals surface area contributed by atoms with E-state index in [2.05, 4.69) is 58.9 Å². The summed E-state index contributed by atoms with van der Waals surface area (Å²) < 4.78 is 0. The first-order valence-corrected chi connectivity index (χ1v) is 6.49. The van der Waals surface area contributed by atoms with E-state index in [4.69, 9.17) is 11.6 Å². The molecule has 0 spiro atoms. The summed E-state index contributed by atoms with van der Waals surface area (Å²) in [7, 11) is 0. The summed E-state index contributed by atoms with van der Waals surface area (Å²) in [6.07, 6.45) is 1.04. The quantitative estimate of drug-likeness (QED) is 0.626. The number of halogens is 1. The van der Waals surface area contributed by atoms with Crippen molar-refractivity contribution in [1.29, 1.82) is 0 Å². The Hall–Kier alpha value is -0.490. The van der Waals surface area contributed by atoms with Crippen LogP contribution in [0, 0.1) is 5.92 Å². The number of hydrogen-bond acceptors (Lipinski definition) is 0. The standard InChI is InChI=1S/C15H23Cl/c1-11(2)10-14(16)12-6-8-13(9-7-12)15(3,4)5/h6-9,11,14H,10H2,1-5H3. The largest absolute Gasteiger partial charge is 0.118 e. The van der Waals surface area contributed by atoms with Crippen LogP contribution in [0.3, 0.4) is 0 Å². The second-order valence-corrected chi connectivity index (χ2v) is 6.50. The number of hydrogen-bond donors (Lipinski definition) is 0. The lowest BCUT2D eigenvalue weighted by molar-refractivity contribution is 0.572. The molecule has 0 aliphatic carbocycles. The zero-order chi connectivity index (χ0) is 12.3. The third-order valence-electron chi connectivity index (χ3n) is 2.82. The summed E-state index contributed by atoms with van der Waals surface area (Å²) in [5, 5.41) is 0.147. The Labute approximate surface area is 105 Å². The first-order chi connectivity index (χ1) is 7.30. The maximum atomic E-state index is 6.37. The minimum absolute atomic E-state index is 0.147. The van der Waals surface area contributed by atoms with Crippen LogP contribution in [0.4, 0.5) is 0 Å². The Morgan fingerprint density at radius 1 is 1.06 bits per heavy atom. The predicted molar refractivity (Wildman–Crippen MR) is 73.2 cm³/mol. The molecular formula is C15H23Cl. The van der Waals surface area contributed by atoms with Gasteiger partial charge in [-0.3, -0.25) is 0 Å². The van der Waals surface area contributed by atoms with Crippen molar-refractivity contribution in [2.75, 3.05) is 0 Å². The summed E-state index contributed by atoms with van der Waals surface area (Å²) >= 11 is 6.37. The molecule has 0 saturated carbocycles. The summed E-state index contributed by atoms with van der Waals surface area (Å²) in [4.78, 5) is 0. The molecule has 0 heterocycles. The van der Waals surface area contributed by atoms with Gasteiger partial charge in [-0.1, -0.05) is 58.9 Å². The summed E-state index contributed by atoms with van der Waals surface area (Å²) in [6.45, 7) is 11.1. The van der Waals surface area contributed by atoms with Crippen LogP contribution >= 0.6 is 11.6 Å². The highest BCUT2D eigenvalue weighted by molar-refractivity contribution is 6.20. The van der Waals surface area contributed by atoms with Crippen LogP contribution in [0.2, 0.25) is 0 Å². The van der Waals surface area contributed by atoms with Crippen molar-refractivity contribution in [3.8, 4) is 0 Å². The van der Waals surface area contributed by atoms with Gasteiger partial charge < -0.3 is 0 Å². The Balaban J connectivity index is 2.79. The van der Waals surface area contributed by atoms with Gasteiger partial charge >= 0.3 is 0 Å². The van der Waals surface area contributed by atoms with E-state index >= 15 is 0 Å². The van der Waals surface area contributed by atoms with Gasteiger partial charge in [0.2, 0.25) is 0 Å². The van der Waals surface area contributed by atoms with Gasteiger partial charge in [0, 0.05) is 0 Å². The molecule has 1 heteroatoms. The second-order valence-electron chi connectivity index (χ2n) is 5.97. The smallest absolute Gasteiger partial charge is 0.0587 e. The molecule has 0 saturated heterocycles. The molecule has 0 aliphatic heterocycles. The Morgan fingerprint density at radius 2 is 1.56 bits per heavy atom. The van der Waals surface area contributed by atoms with Crippen molar-refractivity contribution in [1.82, 2.24) is 0 Å². The molecule has 1 unspecified atom stereocenters. The lowest BCUT2D eigenvalue weighted by atomic mass is 9.86. The van der Waals surface area contributed by atoms with Gasteiger partial charge in [0.15, 0.2) is 0 Å². The fraction of sp³-hybridized carbons (Fsp3) is 0.600. The normalized spacial score (nSPS) is 14.2. The zero-order valence-corrected chi connectivity index (χ0v) is 11.8. The molecule has 0 bridgehead atoms. The van der Waals surface area contributed by atoms with E-state index in [0.717, 1.165) is 6.42 Å². The molecule has 0 aliphatic rings. The molecule has 1 aromatic rings. The molecule has 1 atom stereocenters. The SMILES string of the molecule is CC(C)CC(Cl)c1ccc(C(C)(C)C)cc1. The summed E-state index contributed by atoms with van der Waals surface area (Å²) in [5.74, 6) is 0.643. The Bertz CT molecular complexity index is 316. The first kappa shape index (κ1) is 13.6. The molecule has 0 N–H and O–H groups in total. The van der Waals surface area contributed by atoms with E-state index in [-0.39, 0.29) is 10.8 Å². The number of rotatable bonds is 3. The van der Waals surface area contributed by atoms with Crippen molar-refractivity contribution in [2.24, 2.45) is 5.92 Å². The molecule has 0 radical (unpaired) electrons. The topological polar surface area (TPSA) is 0 Å². The third kappa shape index (κ3) is 3.83. The molecule has 16 heavy (non-hydrogen) atoms. The van der Waals surface area contributed by atoms with E-state index in [1.807, 2.05) is 0 Å². The van der Waals surface area contributed by atoms with Crippen LogP contribution in [0.1, 0.15) is 57.5 Å². The van der Waals surface area contributed by atoms with Crippen LogP contribution < -0.4 is 0 Å². The fourth-order valence-corrected chi connectivity index (χ4v) is 2.24. The van der Waals surface area contributed by atoms with Crippen molar-refractivity contribution in [2.45, 2.75) is 51.8 Å². The fourth-order valence-electron chi connectivity index (χ4n) is 1.74. The highest BCUT2D eigenvalue weighted by Crippen LogP contribution is 2.30. The summed E-state index contributed by atoms with van der Waals surface area (Å²) in [5.41, 5.74) is 2.83. The minimum Gasteiger partial charge on any atom is -0.118 e. The molecule has 1 aromatic carbocycles. The predicted octanol–water partition coefficient (Wildman–Crippen LogP) is 5.31. The molecule has 0 aromatic heterocycles. The molecule has 90 valence electrons. The lowest BCUT2D eigenvalue weighted by Gasteiger charge is -2.20. The van der Waals surface area contributed by atoms with Crippen molar-refractivity contribution in [3.63, 3.8) is 0 Å². The van der Waals surface area contributed by atoms with Crippen LogP contribution in [-0.2, 0) is 5.41 Å². The van der Waals surface area contributed by atoms with Crippen LogP contribution in [0.25, 0.3) is 0 Å². The van der Waals surface area contributed by atoms with E-state index in [1.165, 1.54) is 11.1 Å². The van der Waals surface area contributed by atoms with Crippen LogP contribution in [-0.4, -0.2) is 0 Å². The number of benzene rings is 1.